The molecule has 0 saturated carbocycles. The summed E-state index contributed by atoms with van der Waals surface area (Å²) in [4.78, 5) is 18.2. The largest absolute Gasteiger partial charge is 0.335 e. The maximum Gasteiger partial charge on any atom is 0.223 e. The average Bonchev–Trinajstić information content (AvgIpc) is 3.06. The van der Waals surface area contributed by atoms with E-state index >= 15 is 0 Å². The van der Waals surface area contributed by atoms with Gasteiger partial charge in [0.15, 0.2) is 0 Å². The first-order valence-electron chi connectivity index (χ1n) is 7.14. The molecule has 1 amide bonds. The van der Waals surface area contributed by atoms with Crippen LogP contribution >= 0.6 is 0 Å². The van der Waals surface area contributed by atoms with Crippen molar-refractivity contribution in [3.63, 3.8) is 0 Å². The van der Waals surface area contributed by atoms with Crippen LogP contribution in [-0.2, 0) is 4.79 Å². The van der Waals surface area contributed by atoms with Crippen molar-refractivity contribution in [2.75, 3.05) is 6.54 Å². The van der Waals surface area contributed by atoms with E-state index in [4.69, 9.17) is 5.26 Å². The minimum Gasteiger partial charge on any atom is -0.335 e. The number of aromatic nitrogens is 2. The number of likely N-dealkylation sites (tertiary alicyclic amines) is 1. The Morgan fingerprint density at radius 2 is 2.30 bits per heavy atom. The fourth-order valence-electron chi connectivity index (χ4n) is 3.05. The van der Waals surface area contributed by atoms with E-state index < -0.39 is 0 Å². The Morgan fingerprint density at radius 1 is 1.55 bits per heavy atom. The van der Waals surface area contributed by atoms with Crippen LogP contribution in [0.2, 0.25) is 0 Å². The number of carbonyl (C=O) groups is 1. The summed E-state index contributed by atoms with van der Waals surface area (Å²) >= 11 is 0. The number of nitrogens with zero attached hydrogens (tertiary/aromatic N) is 4. The highest BCUT2D eigenvalue weighted by Crippen LogP contribution is 2.36. The Morgan fingerprint density at radius 3 is 2.80 bits per heavy atom. The zero-order valence-corrected chi connectivity index (χ0v) is 12.4. The molecule has 1 aliphatic heterocycles. The third-order valence-corrected chi connectivity index (χ3v) is 4.27. The molecule has 0 spiro atoms. The molecule has 1 aromatic heterocycles. The van der Waals surface area contributed by atoms with Gasteiger partial charge in [-0.1, -0.05) is 0 Å². The molecule has 1 aromatic rings. The standard InChI is InChI=1S/C15H22N4O/c1-12(10-16)9-13(18-8-6-17-11-18)15(2,3)19-7-4-5-14(19)20/h6,8,11-13H,4-5,7,9H2,1-3H3. The third-order valence-electron chi connectivity index (χ3n) is 4.27. The molecular weight excluding hydrogens is 252 g/mol. The predicted molar refractivity (Wildman–Crippen MR) is 75.7 cm³/mol. The quantitative estimate of drug-likeness (QED) is 0.828. The molecule has 2 heterocycles. The van der Waals surface area contributed by atoms with E-state index in [-0.39, 0.29) is 23.4 Å². The van der Waals surface area contributed by atoms with Crippen LogP contribution in [0.3, 0.4) is 0 Å². The number of nitriles is 1. The van der Waals surface area contributed by atoms with Gasteiger partial charge < -0.3 is 9.47 Å². The number of carbonyl (C=O) groups excluding carboxylic acids is 1. The molecule has 2 unspecified atom stereocenters. The molecule has 1 fully saturated rings. The van der Waals surface area contributed by atoms with E-state index in [0.29, 0.717) is 12.8 Å². The topological polar surface area (TPSA) is 61.9 Å². The van der Waals surface area contributed by atoms with Gasteiger partial charge in [-0.15, -0.1) is 0 Å². The lowest BCUT2D eigenvalue weighted by Crippen LogP contribution is -2.50. The number of hydrogen-bond acceptors (Lipinski definition) is 3. The van der Waals surface area contributed by atoms with Crippen molar-refractivity contribution in [1.82, 2.24) is 14.5 Å². The normalized spacial score (nSPS) is 18.9. The molecular formula is C15H22N4O. The van der Waals surface area contributed by atoms with Crippen molar-refractivity contribution >= 4 is 5.91 Å². The summed E-state index contributed by atoms with van der Waals surface area (Å²) in [5, 5.41) is 9.11. The molecule has 5 heteroatoms. The van der Waals surface area contributed by atoms with Gasteiger partial charge in [-0.2, -0.15) is 5.26 Å². The Bertz CT molecular complexity index is 500. The summed E-state index contributed by atoms with van der Waals surface area (Å²) < 4.78 is 2.03. The number of amides is 1. The second kappa shape index (κ2) is 5.66. The predicted octanol–water partition coefficient (Wildman–Crippen LogP) is 2.37. The lowest BCUT2D eigenvalue weighted by molar-refractivity contribution is -0.134. The Labute approximate surface area is 120 Å². The second-order valence-electron chi connectivity index (χ2n) is 6.09. The van der Waals surface area contributed by atoms with Crippen LogP contribution in [0, 0.1) is 17.2 Å². The molecule has 1 aliphatic rings. The maximum absolute atomic E-state index is 12.1. The summed E-state index contributed by atoms with van der Waals surface area (Å²) in [6.07, 6.45) is 7.70. The van der Waals surface area contributed by atoms with Crippen LogP contribution in [0.15, 0.2) is 18.7 Å². The fraction of sp³-hybridized carbons (Fsp3) is 0.667. The van der Waals surface area contributed by atoms with Crippen molar-refractivity contribution in [2.24, 2.45) is 5.92 Å². The Kier molecular flexibility index (Phi) is 4.12. The van der Waals surface area contributed by atoms with Gasteiger partial charge in [0.25, 0.3) is 0 Å². The van der Waals surface area contributed by atoms with Crippen molar-refractivity contribution < 1.29 is 4.79 Å². The summed E-state index contributed by atoms with van der Waals surface area (Å²) in [7, 11) is 0. The fourth-order valence-corrected chi connectivity index (χ4v) is 3.05. The van der Waals surface area contributed by atoms with Crippen molar-refractivity contribution in [2.45, 2.75) is 51.6 Å². The molecule has 0 radical (unpaired) electrons. The van der Waals surface area contributed by atoms with Crippen LogP contribution < -0.4 is 0 Å². The van der Waals surface area contributed by atoms with E-state index in [1.54, 1.807) is 12.5 Å². The minimum atomic E-state index is -0.320. The average molecular weight is 274 g/mol. The van der Waals surface area contributed by atoms with Crippen LogP contribution in [-0.4, -0.2) is 32.4 Å². The summed E-state index contributed by atoms with van der Waals surface area (Å²) in [5.41, 5.74) is -0.320. The highest BCUT2D eigenvalue weighted by atomic mass is 16.2. The van der Waals surface area contributed by atoms with Crippen LogP contribution in [0.5, 0.6) is 0 Å². The molecule has 2 rings (SSSR count). The first-order valence-corrected chi connectivity index (χ1v) is 7.14. The molecule has 1 saturated heterocycles. The van der Waals surface area contributed by atoms with Gasteiger partial charge in [0.1, 0.15) is 0 Å². The van der Waals surface area contributed by atoms with Gasteiger partial charge in [-0.05, 0) is 33.6 Å². The monoisotopic (exact) mass is 274 g/mol. The minimum absolute atomic E-state index is 0.0561. The highest BCUT2D eigenvalue weighted by molar-refractivity contribution is 5.79. The molecule has 5 nitrogen and oxygen atoms in total. The number of rotatable bonds is 5. The van der Waals surface area contributed by atoms with E-state index in [0.717, 1.165) is 13.0 Å². The van der Waals surface area contributed by atoms with Crippen LogP contribution in [0.25, 0.3) is 0 Å². The van der Waals surface area contributed by atoms with Gasteiger partial charge in [0, 0.05) is 31.3 Å². The van der Waals surface area contributed by atoms with Gasteiger partial charge in [0.05, 0.1) is 24.0 Å². The zero-order chi connectivity index (χ0) is 14.8. The lowest BCUT2D eigenvalue weighted by Gasteiger charge is -2.43. The molecule has 20 heavy (non-hydrogen) atoms. The van der Waals surface area contributed by atoms with Gasteiger partial charge in [-0.3, -0.25) is 4.79 Å². The third kappa shape index (κ3) is 2.69. The lowest BCUT2D eigenvalue weighted by atomic mass is 9.86. The zero-order valence-electron chi connectivity index (χ0n) is 12.4. The van der Waals surface area contributed by atoms with Crippen molar-refractivity contribution in [1.29, 1.82) is 5.26 Å². The van der Waals surface area contributed by atoms with Crippen molar-refractivity contribution in [3.8, 4) is 6.07 Å². The molecule has 108 valence electrons. The Hall–Kier alpha value is -1.83. The molecule has 0 N–H and O–H groups in total. The summed E-state index contributed by atoms with van der Waals surface area (Å²) in [6.45, 7) is 6.90. The number of hydrogen-bond donors (Lipinski definition) is 0. The molecule has 2 atom stereocenters. The molecule has 0 bridgehead atoms. The first-order chi connectivity index (χ1) is 9.46. The smallest absolute Gasteiger partial charge is 0.223 e. The van der Waals surface area contributed by atoms with E-state index in [2.05, 4.69) is 24.9 Å². The van der Waals surface area contributed by atoms with Gasteiger partial charge in [-0.25, -0.2) is 4.98 Å². The first kappa shape index (κ1) is 14.6. The maximum atomic E-state index is 12.1. The van der Waals surface area contributed by atoms with Gasteiger partial charge in [0.2, 0.25) is 5.91 Å². The van der Waals surface area contributed by atoms with E-state index in [1.807, 2.05) is 22.6 Å². The SMILES string of the molecule is CC(C#N)CC(n1ccnc1)C(C)(C)N1CCCC1=O. The van der Waals surface area contributed by atoms with Crippen LogP contribution in [0.4, 0.5) is 0 Å². The summed E-state index contributed by atoms with van der Waals surface area (Å²) in [5.74, 6) is 0.157. The second-order valence-corrected chi connectivity index (χ2v) is 6.09. The molecule has 0 aliphatic carbocycles. The van der Waals surface area contributed by atoms with Crippen LogP contribution in [0.1, 0.15) is 46.1 Å². The summed E-state index contributed by atoms with van der Waals surface area (Å²) in [6, 6.07) is 2.35. The van der Waals surface area contributed by atoms with Crippen molar-refractivity contribution in [3.05, 3.63) is 18.7 Å². The van der Waals surface area contributed by atoms with E-state index in [1.165, 1.54) is 0 Å². The van der Waals surface area contributed by atoms with Gasteiger partial charge >= 0.3 is 0 Å². The number of imidazole rings is 1. The van der Waals surface area contributed by atoms with E-state index in [9.17, 15) is 4.79 Å². The highest BCUT2D eigenvalue weighted by Gasteiger charge is 2.41. The Balaban J connectivity index is 2.30. The molecule has 0 aromatic carbocycles.